The number of β-amino-alcohol motifs (C(OH)–C–C–N with tert-alkyl or cyclic N) is 1. The molecule has 112 valence electrons. The highest BCUT2D eigenvalue weighted by atomic mass is 19.4. The Balaban J connectivity index is 2.65. The SMILES string of the molecule is CC(C)(C)CC(NC(=O)N1CC[C@H](O)C1)C(F)(F)F. The molecule has 0 aromatic rings. The van der Waals surface area contributed by atoms with Crippen molar-refractivity contribution >= 4 is 6.03 Å². The van der Waals surface area contributed by atoms with Crippen molar-refractivity contribution in [1.82, 2.24) is 10.2 Å². The van der Waals surface area contributed by atoms with Gasteiger partial charge >= 0.3 is 12.2 Å². The van der Waals surface area contributed by atoms with Gasteiger partial charge in [0.2, 0.25) is 0 Å². The average molecular weight is 282 g/mol. The van der Waals surface area contributed by atoms with Crippen LogP contribution in [0.4, 0.5) is 18.0 Å². The average Bonchev–Trinajstić information content (AvgIpc) is 2.60. The largest absolute Gasteiger partial charge is 0.408 e. The summed E-state index contributed by atoms with van der Waals surface area (Å²) in [6.07, 6.45) is -4.89. The number of urea groups is 1. The molecule has 19 heavy (non-hydrogen) atoms. The fourth-order valence-electron chi connectivity index (χ4n) is 2.03. The predicted octanol–water partition coefficient (Wildman–Crippen LogP) is 2.13. The third kappa shape index (κ3) is 5.26. The van der Waals surface area contributed by atoms with E-state index in [2.05, 4.69) is 0 Å². The molecule has 0 aromatic carbocycles. The van der Waals surface area contributed by atoms with E-state index in [0.29, 0.717) is 6.42 Å². The quantitative estimate of drug-likeness (QED) is 0.815. The molecule has 1 aliphatic heterocycles. The van der Waals surface area contributed by atoms with E-state index in [1.165, 1.54) is 4.90 Å². The van der Waals surface area contributed by atoms with Gasteiger partial charge in [0.25, 0.3) is 0 Å². The fourth-order valence-corrected chi connectivity index (χ4v) is 2.03. The van der Waals surface area contributed by atoms with Crippen molar-refractivity contribution in [1.29, 1.82) is 0 Å². The van der Waals surface area contributed by atoms with Gasteiger partial charge in [0.15, 0.2) is 0 Å². The first kappa shape index (κ1) is 16.1. The number of hydrogen-bond acceptors (Lipinski definition) is 2. The molecule has 1 rings (SSSR count). The van der Waals surface area contributed by atoms with Crippen LogP contribution in [0.15, 0.2) is 0 Å². The Morgan fingerprint density at radius 1 is 1.42 bits per heavy atom. The number of rotatable bonds is 2. The number of likely N-dealkylation sites (tertiary alicyclic amines) is 1. The van der Waals surface area contributed by atoms with E-state index >= 15 is 0 Å². The number of carbonyl (C=O) groups excluding carboxylic acids is 1. The molecule has 1 unspecified atom stereocenters. The van der Waals surface area contributed by atoms with Gasteiger partial charge in [0.05, 0.1) is 6.10 Å². The lowest BCUT2D eigenvalue weighted by atomic mass is 9.88. The Morgan fingerprint density at radius 3 is 2.37 bits per heavy atom. The summed E-state index contributed by atoms with van der Waals surface area (Å²) < 4.78 is 38.7. The number of carbonyl (C=O) groups is 1. The Morgan fingerprint density at radius 2 is 2.00 bits per heavy atom. The van der Waals surface area contributed by atoms with Crippen molar-refractivity contribution < 1.29 is 23.1 Å². The zero-order valence-electron chi connectivity index (χ0n) is 11.4. The zero-order chi connectivity index (χ0) is 14.8. The Bertz CT molecular complexity index is 326. The summed E-state index contributed by atoms with van der Waals surface area (Å²) >= 11 is 0. The standard InChI is InChI=1S/C12H21F3N2O2/c1-11(2,3)6-9(12(13,14)15)16-10(19)17-5-4-8(18)7-17/h8-9,18H,4-7H2,1-3H3,(H,16,19)/t8-,9?/m0/s1. The molecule has 2 N–H and O–H groups in total. The third-order valence-electron chi connectivity index (χ3n) is 2.96. The molecule has 1 aliphatic rings. The highest BCUT2D eigenvalue weighted by Crippen LogP contribution is 2.30. The second-order valence-electron chi connectivity index (χ2n) is 6.20. The molecule has 1 heterocycles. The minimum atomic E-state index is -4.47. The van der Waals surface area contributed by atoms with Crippen LogP contribution in [-0.4, -0.2) is 47.4 Å². The maximum absolute atomic E-state index is 12.9. The summed E-state index contributed by atoms with van der Waals surface area (Å²) in [5.41, 5.74) is -0.544. The lowest BCUT2D eigenvalue weighted by molar-refractivity contribution is -0.159. The topological polar surface area (TPSA) is 52.6 Å². The number of alkyl halides is 3. The van der Waals surface area contributed by atoms with Crippen molar-refractivity contribution in [2.24, 2.45) is 5.41 Å². The van der Waals surface area contributed by atoms with E-state index in [1.54, 1.807) is 20.8 Å². The summed E-state index contributed by atoms with van der Waals surface area (Å²) in [5.74, 6) is 0. The molecule has 0 aliphatic carbocycles. The lowest BCUT2D eigenvalue weighted by Gasteiger charge is -2.30. The highest BCUT2D eigenvalue weighted by molar-refractivity contribution is 5.75. The molecule has 0 spiro atoms. The van der Waals surface area contributed by atoms with E-state index in [1.807, 2.05) is 5.32 Å². The molecule has 0 saturated carbocycles. The smallest absolute Gasteiger partial charge is 0.391 e. The molecule has 1 saturated heterocycles. The van der Waals surface area contributed by atoms with Gasteiger partial charge in [-0.3, -0.25) is 0 Å². The van der Waals surface area contributed by atoms with E-state index in [9.17, 15) is 23.1 Å². The maximum atomic E-state index is 12.9. The number of halogens is 3. The van der Waals surface area contributed by atoms with Gasteiger partial charge in [-0.2, -0.15) is 13.2 Å². The van der Waals surface area contributed by atoms with E-state index in [-0.39, 0.29) is 19.5 Å². The zero-order valence-corrected chi connectivity index (χ0v) is 11.4. The van der Waals surface area contributed by atoms with E-state index in [4.69, 9.17) is 0 Å². The van der Waals surface area contributed by atoms with Crippen molar-refractivity contribution in [3.05, 3.63) is 0 Å². The monoisotopic (exact) mass is 282 g/mol. The normalized spacial score (nSPS) is 22.5. The number of amides is 2. The highest BCUT2D eigenvalue weighted by Gasteiger charge is 2.43. The Labute approximate surface area is 111 Å². The molecular weight excluding hydrogens is 261 g/mol. The van der Waals surface area contributed by atoms with Gasteiger partial charge < -0.3 is 15.3 Å². The van der Waals surface area contributed by atoms with Gasteiger partial charge in [0.1, 0.15) is 6.04 Å². The second kappa shape index (κ2) is 5.56. The molecule has 7 heteroatoms. The molecular formula is C12H21F3N2O2. The molecule has 0 bridgehead atoms. The number of aliphatic hydroxyl groups is 1. The molecule has 0 aromatic heterocycles. The van der Waals surface area contributed by atoms with Crippen LogP contribution in [0.1, 0.15) is 33.6 Å². The molecule has 4 nitrogen and oxygen atoms in total. The van der Waals surface area contributed by atoms with Crippen molar-refractivity contribution in [2.45, 2.75) is 51.9 Å². The van der Waals surface area contributed by atoms with Crippen LogP contribution >= 0.6 is 0 Å². The summed E-state index contributed by atoms with van der Waals surface area (Å²) in [5, 5.41) is 11.3. The predicted molar refractivity (Wildman–Crippen MR) is 64.6 cm³/mol. The van der Waals surface area contributed by atoms with Gasteiger partial charge in [-0.1, -0.05) is 20.8 Å². The molecule has 2 atom stereocenters. The van der Waals surface area contributed by atoms with Gasteiger partial charge in [-0.05, 0) is 18.3 Å². The minimum Gasteiger partial charge on any atom is -0.391 e. The number of nitrogens with one attached hydrogen (secondary N) is 1. The summed E-state index contributed by atoms with van der Waals surface area (Å²) in [6, 6.07) is -2.62. The number of aliphatic hydroxyl groups excluding tert-OH is 1. The molecule has 0 radical (unpaired) electrons. The third-order valence-corrected chi connectivity index (χ3v) is 2.96. The first-order chi connectivity index (χ1) is 8.49. The van der Waals surface area contributed by atoms with Crippen molar-refractivity contribution in [3.8, 4) is 0 Å². The Kier molecular flexibility index (Phi) is 4.71. The Hall–Kier alpha value is -0.980. The van der Waals surface area contributed by atoms with Gasteiger partial charge in [-0.25, -0.2) is 4.79 Å². The lowest BCUT2D eigenvalue weighted by Crippen LogP contribution is -2.51. The minimum absolute atomic E-state index is 0.0892. The van der Waals surface area contributed by atoms with Gasteiger partial charge in [0, 0.05) is 13.1 Å². The van der Waals surface area contributed by atoms with Crippen LogP contribution in [0.2, 0.25) is 0 Å². The second-order valence-corrected chi connectivity index (χ2v) is 6.20. The fraction of sp³-hybridized carbons (Fsp3) is 0.917. The van der Waals surface area contributed by atoms with Crippen molar-refractivity contribution in [3.63, 3.8) is 0 Å². The molecule has 2 amide bonds. The van der Waals surface area contributed by atoms with Crippen LogP contribution in [0.25, 0.3) is 0 Å². The first-order valence-corrected chi connectivity index (χ1v) is 6.29. The number of nitrogens with zero attached hydrogens (tertiary/aromatic N) is 1. The summed E-state index contributed by atoms with van der Waals surface area (Å²) in [4.78, 5) is 13.0. The van der Waals surface area contributed by atoms with Crippen LogP contribution in [0.5, 0.6) is 0 Å². The van der Waals surface area contributed by atoms with Crippen LogP contribution in [-0.2, 0) is 0 Å². The van der Waals surface area contributed by atoms with Crippen LogP contribution in [0.3, 0.4) is 0 Å². The summed E-state index contributed by atoms with van der Waals surface area (Å²) in [7, 11) is 0. The van der Waals surface area contributed by atoms with Crippen molar-refractivity contribution in [2.75, 3.05) is 13.1 Å². The van der Waals surface area contributed by atoms with Crippen LogP contribution < -0.4 is 5.32 Å². The summed E-state index contributed by atoms with van der Waals surface area (Å²) in [6.45, 7) is 5.45. The first-order valence-electron chi connectivity index (χ1n) is 6.29. The van der Waals surface area contributed by atoms with E-state index < -0.39 is 29.8 Å². The van der Waals surface area contributed by atoms with E-state index in [0.717, 1.165) is 0 Å². The van der Waals surface area contributed by atoms with Crippen LogP contribution in [0, 0.1) is 5.41 Å². The van der Waals surface area contributed by atoms with Gasteiger partial charge in [-0.15, -0.1) is 0 Å². The molecule has 1 fully saturated rings. The maximum Gasteiger partial charge on any atom is 0.408 e. The number of hydrogen-bond donors (Lipinski definition) is 2.